The first kappa shape index (κ1) is 20.2. The molecule has 0 unspecified atom stereocenters. The van der Waals surface area contributed by atoms with Crippen molar-refractivity contribution in [3.05, 3.63) is 34.9 Å². The quantitative estimate of drug-likeness (QED) is 0.467. The van der Waals surface area contributed by atoms with Crippen LogP contribution in [0.5, 0.6) is 0 Å². The van der Waals surface area contributed by atoms with Gasteiger partial charge in [-0.2, -0.15) is 0 Å². The molecule has 3 rings (SSSR count). The van der Waals surface area contributed by atoms with Gasteiger partial charge < -0.3 is 30.5 Å². The van der Waals surface area contributed by atoms with Gasteiger partial charge in [-0.1, -0.05) is 18.2 Å². The summed E-state index contributed by atoms with van der Waals surface area (Å²) in [6, 6.07) is 6.56. The number of aliphatic hydroxyl groups is 4. The van der Waals surface area contributed by atoms with Crippen LogP contribution in [0.25, 0.3) is 0 Å². The van der Waals surface area contributed by atoms with Crippen LogP contribution in [0.15, 0.2) is 18.2 Å². The summed E-state index contributed by atoms with van der Waals surface area (Å²) in [5.74, 6) is -0.308. The standard InChI is InChI=1S/C20H29NO6/c22-11-15-17(24)18(25)19(26)20(27-15)21-16(23)7-3-4-12-8-9-13-5-1-2-6-14(13)10-12/h8-10,15,17-20,22,24-26H,1-7,11H2,(H,21,23)/t15-,17-,18+,19-,20-/m1/s1. The van der Waals surface area contributed by atoms with E-state index >= 15 is 0 Å². The third-order valence-electron chi connectivity index (χ3n) is 5.48. The molecule has 0 bridgehead atoms. The predicted molar refractivity (Wildman–Crippen MR) is 97.9 cm³/mol. The van der Waals surface area contributed by atoms with Crippen LogP contribution < -0.4 is 5.32 Å². The minimum atomic E-state index is -1.49. The fraction of sp³-hybridized carbons (Fsp3) is 0.650. The third-order valence-corrected chi connectivity index (χ3v) is 5.48. The van der Waals surface area contributed by atoms with Crippen LogP contribution >= 0.6 is 0 Å². The highest BCUT2D eigenvalue weighted by Gasteiger charge is 2.43. The summed E-state index contributed by atoms with van der Waals surface area (Å²) in [6.07, 6.45) is -0.0867. The molecular weight excluding hydrogens is 350 g/mol. The van der Waals surface area contributed by atoms with E-state index in [-0.39, 0.29) is 12.3 Å². The van der Waals surface area contributed by atoms with E-state index < -0.39 is 37.3 Å². The Labute approximate surface area is 159 Å². The SMILES string of the molecule is O=C(CCCc1ccc2c(c1)CCCC2)N[C@@H]1O[C@H](CO)[C@@H](O)[C@H](O)[C@H]1O. The first-order valence-electron chi connectivity index (χ1n) is 9.70. The van der Waals surface area contributed by atoms with E-state index in [0.29, 0.717) is 6.42 Å². The molecule has 1 fully saturated rings. The van der Waals surface area contributed by atoms with Crippen LogP contribution in [0.1, 0.15) is 42.4 Å². The molecule has 0 saturated carbocycles. The highest BCUT2D eigenvalue weighted by molar-refractivity contribution is 5.76. The molecule has 0 spiro atoms. The van der Waals surface area contributed by atoms with Gasteiger partial charge in [0.2, 0.25) is 5.91 Å². The minimum Gasteiger partial charge on any atom is -0.394 e. The molecule has 0 aromatic heterocycles. The summed E-state index contributed by atoms with van der Waals surface area (Å²) in [5, 5.41) is 41.2. The van der Waals surface area contributed by atoms with E-state index in [4.69, 9.17) is 4.74 Å². The van der Waals surface area contributed by atoms with Crippen molar-refractivity contribution in [1.82, 2.24) is 5.32 Å². The van der Waals surface area contributed by atoms with E-state index in [1.165, 1.54) is 29.5 Å². The number of nitrogens with one attached hydrogen (secondary N) is 1. The number of hydrogen-bond donors (Lipinski definition) is 5. The Balaban J connectivity index is 1.47. The Morgan fingerprint density at radius 1 is 1.07 bits per heavy atom. The van der Waals surface area contributed by atoms with Crippen LogP contribution in [-0.2, 0) is 28.8 Å². The molecule has 1 amide bonds. The summed E-state index contributed by atoms with van der Waals surface area (Å²) in [4.78, 5) is 12.2. The summed E-state index contributed by atoms with van der Waals surface area (Å²) < 4.78 is 5.29. The summed E-state index contributed by atoms with van der Waals surface area (Å²) in [5.41, 5.74) is 4.08. The number of ether oxygens (including phenoxy) is 1. The predicted octanol–water partition coefficient (Wildman–Crippen LogP) is -0.196. The van der Waals surface area contributed by atoms with Crippen molar-refractivity contribution in [2.45, 2.75) is 75.6 Å². The molecule has 27 heavy (non-hydrogen) atoms. The largest absolute Gasteiger partial charge is 0.394 e. The van der Waals surface area contributed by atoms with Crippen molar-refractivity contribution in [3.8, 4) is 0 Å². The molecule has 5 atom stereocenters. The van der Waals surface area contributed by atoms with Gasteiger partial charge in [0.15, 0.2) is 6.23 Å². The molecule has 5 N–H and O–H groups in total. The number of aryl methyl sites for hydroxylation is 3. The number of carbonyl (C=O) groups is 1. The normalized spacial score (nSPS) is 30.6. The molecule has 1 aromatic carbocycles. The number of benzene rings is 1. The smallest absolute Gasteiger partial charge is 0.222 e. The lowest BCUT2D eigenvalue weighted by atomic mass is 9.89. The monoisotopic (exact) mass is 379 g/mol. The van der Waals surface area contributed by atoms with Gasteiger partial charge in [0.05, 0.1) is 6.61 Å². The Bertz CT molecular complexity index is 649. The molecule has 1 heterocycles. The average Bonchev–Trinajstić information content (AvgIpc) is 2.68. The molecule has 2 aliphatic rings. The molecule has 1 aliphatic heterocycles. The Morgan fingerprint density at radius 3 is 2.56 bits per heavy atom. The van der Waals surface area contributed by atoms with Crippen molar-refractivity contribution in [1.29, 1.82) is 0 Å². The van der Waals surface area contributed by atoms with Gasteiger partial charge in [0.25, 0.3) is 0 Å². The van der Waals surface area contributed by atoms with E-state index in [0.717, 1.165) is 19.3 Å². The van der Waals surface area contributed by atoms with Crippen LogP contribution in [-0.4, -0.2) is 63.6 Å². The number of carbonyl (C=O) groups excluding carboxylic acids is 1. The second-order valence-electron chi connectivity index (χ2n) is 7.48. The fourth-order valence-electron chi connectivity index (χ4n) is 3.85. The number of aliphatic hydroxyl groups excluding tert-OH is 4. The molecule has 1 aliphatic carbocycles. The molecule has 150 valence electrons. The van der Waals surface area contributed by atoms with E-state index in [9.17, 15) is 25.2 Å². The maximum atomic E-state index is 12.2. The third kappa shape index (κ3) is 4.86. The van der Waals surface area contributed by atoms with E-state index in [1.807, 2.05) is 0 Å². The second kappa shape index (κ2) is 9.12. The van der Waals surface area contributed by atoms with Crippen LogP contribution in [0, 0.1) is 0 Å². The highest BCUT2D eigenvalue weighted by atomic mass is 16.6. The number of amides is 1. The fourth-order valence-corrected chi connectivity index (χ4v) is 3.85. The summed E-state index contributed by atoms with van der Waals surface area (Å²) in [7, 11) is 0. The van der Waals surface area contributed by atoms with Gasteiger partial charge in [-0.3, -0.25) is 4.79 Å². The maximum absolute atomic E-state index is 12.2. The average molecular weight is 379 g/mol. The molecule has 1 saturated heterocycles. The van der Waals surface area contributed by atoms with Gasteiger partial charge in [-0.05, 0) is 55.2 Å². The maximum Gasteiger partial charge on any atom is 0.222 e. The first-order valence-corrected chi connectivity index (χ1v) is 9.70. The molecular formula is C20H29NO6. The van der Waals surface area contributed by atoms with Crippen molar-refractivity contribution in [3.63, 3.8) is 0 Å². The summed E-state index contributed by atoms with van der Waals surface area (Å²) >= 11 is 0. The Morgan fingerprint density at radius 2 is 1.81 bits per heavy atom. The van der Waals surface area contributed by atoms with E-state index in [1.54, 1.807) is 0 Å². The number of rotatable bonds is 6. The van der Waals surface area contributed by atoms with Gasteiger partial charge >= 0.3 is 0 Å². The van der Waals surface area contributed by atoms with Crippen molar-refractivity contribution < 1.29 is 30.0 Å². The van der Waals surface area contributed by atoms with Gasteiger partial charge in [0.1, 0.15) is 24.4 Å². The van der Waals surface area contributed by atoms with Crippen molar-refractivity contribution in [2.75, 3.05) is 6.61 Å². The number of fused-ring (bicyclic) bond motifs is 1. The van der Waals surface area contributed by atoms with Crippen LogP contribution in [0.2, 0.25) is 0 Å². The zero-order valence-electron chi connectivity index (χ0n) is 15.4. The first-order chi connectivity index (χ1) is 13.0. The Kier molecular flexibility index (Phi) is 6.83. The van der Waals surface area contributed by atoms with Gasteiger partial charge in [-0.15, -0.1) is 0 Å². The topological polar surface area (TPSA) is 119 Å². The zero-order chi connectivity index (χ0) is 19.4. The van der Waals surface area contributed by atoms with Crippen molar-refractivity contribution in [2.24, 2.45) is 0 Å². The van der Waals surface area contributed by atoms with Crippen molar-refractivity contribution >= 4 is 5.91 Å². The van der Waals surface area contributed by atoms with E-state index in [2.05, 4.69) is 23.5 Å². The van der Waals surface area contributed by atoms with Crippen LogP contribution in [0.3, 0.4) is 0 Å². The highest BCUT2D eigenvalue weighted by Crippen LogP contribution is 2.23. The second-order valence-corrected chi connectivity index (χ2v) is 7.48. The zero-order valence-corrected chi connectivity index (χ0v) is 15.4. The summed E-state index contributed by atoms with van der Waals surface area (Å²) in [6.45, 7) is -0.518. The molecule has 7 nitrogen and oxygen atoms in total. The molecule has 7 heteroatoms. The lowest BCUT2D eigenvalue weighted by molar-refractivity contribution is -0.236. The van der Waals surface area contributed by atoms with Gasteiger partial charge in [-0.25, -0.2) is 0 Å². The van der Waals surface area contributed by atoms with Gasteiger partial charge in [0, 0.05) is 6.42 Å². The lowest BCUT2D eigenvalue weighted by Crippen LogP contribution is -2.63. The lowest BCUT2D eigenvalue weighted by Gasteiger charge is -2.40. The Hall–Kier alpha value is -1.51. The molecule has 0 radical (unpaired) electrons. The van der Waals surface area contributed by atoms with Crippen LogP contribution in [0.4, 0.5) is 0 Å². The molecule has 1 aromatic rings. The number of hydrogen-bond acceptors (Lipinski definition) is 6. The minimum absolute atomic E-state index is 0.256.